The number of carboxylic acids is 1. The van der Waals surface area contributed by atoms with Crippen molar-refractivity contribution in [1.82, 2.24) is 44.8 Å². The molecular weight excluding hydrogens is 1340 g/mol. The number of nitrogens with zero attached hydrogens (tertiary/aromatic N) is 9. The molecule has 4 heterocycles. The molecule has 4 amide bonds. The molecular formula is C51H60Cl5N14O18PS. The molecule has 1 unspecified atom stereocenters. The van der Waals surface area contributed by atoms with Gasteiger partial charge in [-0.25, -0.2) is 19.3 Å². The highest BCUT2D eigenvalue weighted by atomic mass is 35.5. The maximum absolute atomic E-state index is 12.5. The van der Waals surface area contributed by atoms with Crippen molar-refractivity contribution in [3.63, 3.8) is 0 Å². The molecule has 0 spiro atoms. The van der Waals surface area contributed by atoms with Crippen LogP contribution in [-0.4, -0.2) is 171 Å². The van der Waals surface area contributed by atoms with Crippen LogP contribution in [0.2, 0.25) is 15.3 Å². The molecule has 3 aromatic heterocycles. The zero-order chi connectivity index (χ0) is 67.6. The standard InChI is InChI=1S/C15H18N6O6S.C14H9Cl2NO5.C11H11Cl2NO2.C8H14ClN5.C3H8NO5P/c1-21(2)13(22)9-6-5-7-16-12(9)28(24,25)20-15(23)19-14-17-10(26-3)8-11(18-14)27-4;1-21-14(18)10-7-9(3-4-12(10)17(19)20)22-13-5-2-8(15)6-11(13)16;1-7-6-16-9-5-3-2-4-8(9)14(7)11(15)10(12)13;1-4-10-7-12-6(9)13-8(14-7)11-5(2)3;5-3(6)1-4-2-10(7,8)9/h5-8H,1-4H3,(H2,17,18,19,20,23);2-7H,1H3;2-5,7,10H,6H2,1H3;5H,4H2,1-3H3,(H2,10,11,12,13,14);4H,1-2H2,(H,5,6)(H2,7,8,9). The average Bonchev–Trinajstić information content (AvgIpc) is 1.82. The SMILES string of the molecule is CC1COc2ccccc2N1C(=O)C(Cl)Cl.CCNc1nc(Cl)nc(NC(C)C)n1.COC(=O)c1cc(Oc2ccc(Cl)cc2Cl)ccc1[N+](=O)[O-].COc1cc(OC)nc(NC(=O)NS(=O)(=O)c2ncccc2C(=O)N(C)C)n1.O=C(O)CNCP(=O)(O)O. The summed E-state index contributed by atoms with van der Waals surface area (Å²) in [6, 6.07) is 18.8. The summed E-state index contributed by atoms with van der Waals surface area (Å²) in [5.41, 5.74) is -0.0545. The Morgan fingerprint density at radius 3 is 2.08 bits per heavy atom. The number of nitrogens with one attached hydrogen (secondary N) is 5. The molecule has 0 bridgehead atoms. The Kier molecular flexibility index (Phi) is 30.8. The number of carboxylic acid groups (broad SMARTS) is 1. The largest absolute Gasteiger partial charge is 0.489 e. The highest BCUT2D eigenvalue weighted by molar-refractivity contribution is 7.90. The number of aliphatic carboxylic acids is 1. The number of urea groups is 1. The van der Waals surface area contributed by atoms with Gasteiger partial charge in [0.25, 0.3) is 27.5 Å². The van der Waals surface area contributed by atoms with Gasteiger partial charge in [0.2, 0.25) is 34.9 Å². The lowest BCUT2D eigenvalue weighted by Crippen LogP contribution is -2.47. The van der Waals surface area contributed by atoms with Crippen LogP contribution in [-0.2, 0) is 28.9 Å². The van der Waals surface area contributed by atoms with E-state index in [4.69, 9.17) is 91.8 Å². The Morgan fingerprint density at radius 2 is 1.52 bits per heavy atom. The van der Waals surface area contributed by atoms with E-state index in [9.17, 15) is 47.1 Å². The molecule has 1 aliphatic rings. The van der Waals surface area contributed by atoms with Crippen molar-refractivity contribution in [3.8, 4) is 29.0 Å². The maximum Gasteiger partial charge on any atom is 0.345 e. The molecule has 90 heavy (non-hydrogen) atoms. The fraction of sp³-hybridized carbons (Fsp3) is 0.314. The number of methoxy groups -OCH3 is 3. The van der Waals surface area contributed by atoms with E-state index >= 15 is 0 Å². The van der Waals surface area contributed by atoms with Gasteiger partial charge in [-0.1, -0.05) is 58.5 Å². The molecule has 1 aliphatic heterocycles. The number of para-hydroxylation sites is 2. The predicted molar refractivity (Wildman–Crippen MR) is 332 cm³/mol. The number of nitro groups is 1. The van der Waals surface area contributed by atoms with Crippen LogP contribution in [0, 0.1) is 10.1 Å². The summed E-state index contributed by atoms with van der Waals surface area (Å²) in [7, 11) is -1.81. The van der Waals surface area contributed by atoms with Crippen LogP contribution in [0.15, 0.2) is 90.1 Å². The van der Waals surface area contributed by atoms with E-state index in [-0.39, 0.29) is 68.6 Å². The molecule has 39 heteroatoms. The molecule has 0 aliphatic carbocycles. The van der Waals surface area contributed by atoms with E-state index < -0.39 is 69.1 Å². The zero-order valence-corrected chi connectivity index (χ0v) is 54.4. The second-order valence-corrected chi connectivity index (χ2v) is 23.4. The van der Waals surface area contributed by atoms with Crippen molar-refractivity contribution in [1.29, 1.82) is 0 Å². The number of alkyl halides is 2. The number of hydrogen-bond donors (Lipinski definition) is 8. The van der Waals surface area contributed by atoms with E-state index in [1.807, 2.05) is 52.0 Å². The normalized spacial score (nSPS) is 12.1. The fourth-order valence-electron chi connectivity index (χ4n) is 6.63. The Hall–Kier alpha value is -8.24. The number of hydrogen-bond acceptors (Lipinski definition) is 24. The van der Waals surface area contributed by atoms with Crippen molar-refractivity contribution in [2.24, 2.45) is 0 Å². The van der Waals surface area contributed by atoms with Gasteiger partial charge in [0.15, 0.2) is 9.86 Å². The number of esters is 1. The Morgan fingerprint density at radius 1 is 0.878 bits per heavy atom. The van der Waals surface area contributed by atoms with Crippen molar-refractivity contribution < 1.29 is 80.5 Å². The monoisotopic (exact) mass is 1390 g/mol. The minimum atomic E-state index is -4.46. The summed E-state index contributed by atoms with van der Waals surface area (Å²) >= 11 is 28.7. The molecule has 8 N–H and O–H groups in total. The van der Waals surface area contributed by atoms with Gasteiger partial charge in [0.05, 0.1) is 67.5 Å². The lowest BCUT2D eigenvalue weighted by Gasteiger charge is -2.35. The Labute approximate surface area is 539 Å². The number of pyridine rings is 1. The first kappa shape index (κ1) is 76.0. The van der Waals surface area contributed by atoms with E-state index in [2.05, 4.69) is 55.9 Å². The van der Waals surface area contributed by atoms with Gasteiger partial charge in [-0.3, -0.25) is 39.7 Å². The van der Waals surface area contributed by atoms with Crippen LogP contribution in [0.25, 0.3) is 0 Å². The molecule has 0 radical (unpaired) electrons. The number of nitro benzene ring substituents is 1. The molecule has 488 valence electrons. The van der Waals surface area contributed by atoms with Gasteiger partial charge in [-0.15, -0.1) is 0 Å². The van der Waals surface area contributed by atoms with Gasteiger partial charge >= 0.3 is 25.6 Å². The molecule has 7 rings (SSSR count). The van der Waals surface area contributed by atoms with Gasteiger partial charge in [-0.05, 0) is 87.8 Å². The number of sulfonamides is 1. The quantitative estimate of drug-likeness (QED) is 0.0126. The third kappa shape index (κ3) is 25.3. The molecule has 0 saturated heterocycles. The van der Waals surface area contributed by atoms with E-state index in [0.717, 1.165) is 25.4 Å². The van der Waals surface area contributed by atoms with E-state index in [1.165, 1.54) is 75.8 Å². The Bertz CT molecular complexity index is 3620. The third-order valence-electron chi connectivity index (χ3n) is 10.3. The molecule has 0 saturated carbocycles. The third-order valence-corrected chi connectivity index (χ3v) is 13.3. The van der Waals surface area contributed by atoms with Gasteiger partial charge < -0.3 is 59.0 Å². The molecule has 1 atom stereocenters. The summed E-state index contributed by atoms with van der Waals surface area (Å²) in [5.74, 6) is -0.772. The number of rotatable bonds is 19. The lowest BCUT2D eigenvalue weighted by atomic mass is 10.1. The molecule has 6 aromatic rings. The molecule has 0 fully saturated rings. The summed E-state index contributed by atoms with van der Waals surface area (Å²) in [4.78, 5) is 109. The second kappa shape index (κ2) is 36.4. The minimum absolute atomic E-state index is 0.0672. The van der Waals surface area contributed by atoms with E-state index in [1.54, 1.807) is 21.8 Å². The second-order valence-electron chi connectivity index (χ2n) is 17.9. The van der Waals surface area contributed by atoms with Crippen LogP contribution in [0.3, 0.4) is 0 Å². The maximum atomic E-state index is 12.5. The number of fused-ring (bicyclic) bond motifs is 1. The van der Waals surface area contributed by atoms with Gasteiger partial charge in [0.1, 0.15) is 29.4 Å². The average molecular weight is 1400 g/mol. The Balaban J connectivity index is 0.000000306. The molecule has 3 aromatic carbocycles. The predicted octanol–water partition coefficient (Wildman–Crippen LogP) is 7.76. The van der Waals surface area contributed by atoms with Crippen molar-refractivity contribution in [3.05, 3.63) is 122 Å². The number of anilines is 4. The van der Waals surface area contributed by atoms with Crippen LogP contribution >= 0.6 is 65.6 Å². The van der Waals surface area contributed by atoms with Gasteiger partial charge in [-0.2, -0.15) is 33.3 Å². The smallest absolute Gasteiger partial charge is 0.345 e. The fourth-order valence-corrected chi connectivity index (χ4v) is 8.89. The number of aromatic nitrogens is 6. The van der Waals surface area contributed by atoms with Crippen molar-refractivity contribution in [2.75, 3.05) is 82.3 Å². The van der Waals surface area contributed by atoms with Gasteiger partial charge in [0, 0.05) is 50.0 Å². The minimum Gasteiger partial charge on any atom is -0.489 e. The summed E-state index contributed by atoms with van der Waals surface area (Å²) < 4.78 is 62.3. The van der Waals surface area contributed by atoms with Crippen LogP contribution in [0.4, 0.5) is 34.0 Å². The highest BCUT2D eigenvalue weighted by Gasteiger charge is 2.32. The first-order valence-corrected chi connectivity index (χ1v) is 30.7. The number of carbonyl (C=O) groups is 5. The summed E-state index contributed by atoms with van der Waals surface area (Å²) in [5, 5.41) is 29.5. The molecule has 32 nitrogen and oxygen atoms in total. The topological polar surface area (TPSA) is 431 Å². The van der Waals surface area contributed by atoms with Crippen LogP contribution in [0.5, 0.6) is 29.0 Å². The first-order chi connectivity index (χ1) is 42.2. The summed E-state index contributed by atoms with van der Waals surface area (Å²) in [6.45, 7) is 8.63. The number of carbonyl (C=O) groups excluding carboxylic acids is 4. The summed E-state index contributed by atoms with van der Waals surface area (Å²) in [6.07, 6.45) is 0.592. The van der Waals surface area contributed by atoms with Crippen molar-refractivity contribution >= 4 is 135 Å². The number of halogens is 5. The first-order valence-electron chi connectivity index (χ1n) is 25.4. The van der Waals surface area contributed by atoms with Crippen LogP contribution < -0.4 is 49.8 Å². The zero-order valence-electron chi connectivity index (χ0n) is 48.9. The number of benzene rings is 3. The van der Waals surface area contributed by atoms with Crippen molar-refractivity contribution in [2.45, 2.75) is 49.6 Å². The number of ether oxygens (including phenoxy) is 5. The lowest BCUT2D eigenvalue weighted by molar-refractivity contribution is -0.385. The highest BCUT2D eigenvalue weighted by Crippen LogP contribution is 2.36. The van der Waals surface area contributed by atoms with E-state index in [0.29, 0.717) is 35.0 Å². The number of amides is 4. The van der Waals surface area contributed by atoms with Crippen LogP contribution in [0.1, 0.15) is 48.4 Å².